The van der Waals surface area contributed by atoms with Crippen LogP contribution >= 0.6 is 0 Å². The van der Waals surface area contributed by atoms with Gasteiger partial charge in [0, 0.05) is 31.0 Å². The number of benzene rings is 1. The Balaban J connectivity index is 1.79. The van der Waals surface area contributed by atoms with Crippen molar-refractivity contribution in [2.45, 2.75) is 12.3 Å². The minimum absolute atomic E-state index is 0.0191. The summed E-state index contributed by atoms with van der Waals surface area (Å²) in [5.41, 5.74) is 3.24. The van der Waals surface area contributed by atoms with Crippen molar-refractivity contribution in [3.05, 3.63) is 59.9 Å². The van der Waals surface area contributed by atoms with Crippen molar-refractivity contribution < 1.29 is 4.79 Å². The number of carbonyl (C=O) groups excluding carboxylic acids is 1. The van der Waals surface area contributed by atoms with Crippen LogP contribution < -0.4 is 5.32 Å². The quantitative estimate of drug-likeness (QED) is 0.892. The molecule has 0 aliphatic carbocycles. The first-order valence-electron chi connectivity index (χ1n) is 6.09. The normalized spacial score (nSPS) is 17.0. The van der Waals surface area contributed by atoms with Gasteiger partial charge in [-0.3, -0.25) is 9.78 Å². The second-order valence-electron chi connectivity index (χ2n) is 4.52. The molecule has 0 fully saturated rings. The first-order valence-corrected chi connectivity index (χ1v) is 6.09. The summed E-state index contributed by atoms with van der Waals surface area (Å²) >= 11 is 0. The Morgan fingerprint density at radius 3 is 2.83 bits per heavy atom. The lowest BCUT2D eigenvalue weighted by Crippen LogP contribution is -2.16. The molecule has 1 N–H and O–H groups in total. The lowest BCUT2D eigenvalue weighted by Gasteiger charge is -2.08. The number of nitrogens with one attached hydrogen (secondary N) is 1. The lowest BCUT2D eigenvalue weighted by atomic mass is 9.93. The summed E-state index contributed by atoms with van der Waals surface area (Å²) in [6, 6.07) is 11.8. The number of carbonyl (C=O) groups is 1. The van der Waals surface area contributed by atoms with Crippen molar-refractivity contribution in [1.82, 2.24) is 4.98 Å². The van der Waals surface area contributed by atoms with Gasteiger partial charge in [0.15, 0.2) is 0 Å². The first-order chi connectivity index (χ1) is 8.84. The van der Waals surface area contributed by atoms with Crippen LogP contribution in [0.4, 0.5) is 5.69 Å². The van der Waals surface area contributed by atoms with Crippen molar-refractivity contribution in [2.24, 2.45) is 0 Å². The number of anilines is 1. The van der Waals surface area contributed by atoms with Crippen LogP contribution in [0.2, 0.25) is 0 Å². The summed E-state index contributed by atoms with van der Waals surface area (Å²) in [4.78, 5) is 16.3. The fraction of sp³-hybridized carbons (Fsp3) is 0.200. The Bertz CT molecular complexity index is 566. The molecule has 90 valence electrons. The predicted octanol–water partition coefficient (Wildman–Crippen LogP) is 2.40. The van der Waals surface area contributed by atoms with Crippen LogP contribution in [-0.2, 0) is 11.2 Å². The molecule has 1 aromatic carbocycles. The van der Waals surface area contributed by atoms with E-state index in [9.17, 15) is 4.79 Å². The molecule has 3 nitrogen and oxygen atoms in total. The maximum Gasteiger partial charge on any atom is 0.146 e. The smallest absolute Gasteiger partial charge is 0.146 e. The van der Waals surface area contributed by atoms with Crippen molar-refractivity contribution in [2.75, 3.05) is 11.9 Å². The summed E-state index contributed by atoms with van der Waals surface area (Å²) < 4.78 is 0. The number of rotatable bonds is 3. The Labute approximate surface area is 106 Å². The standard InChI is InChI=1S/C15H14N2O/c18-15(9-11-5-7-16-8-6-11)13-10-17-14-4-2-1-3-12(13)14/h1-8,13,17H,9-10H2. The first kappa shape index (κ1) is 11.0. The number of fused-ring (bicyclic) bond motifs is 1. The summed E-state index contributed by atoms with van der Waals surface area (Å²) in [5.74, 6) is 0.244. The number of Topliss-reactive ketones (excluding diaryl/α,β-unsaturated/α-hetero) is 1. The number of para-hydroxylation sites is 1. The molecule has 2 heterocycles. The molecule has 2 aromatic rings. The fourth-order valence-corrected chi connectivity index (χ4v) is 2.40. The van der Waals surface area contributed by atoms with Gasteiger partial charge in [0.1, 0.15) is 5.78 Å². The molecular formula is C15H14N2O. The van der Waals surface area contributed by atoms with Gasteiger partial charge < -0.3 is 5.32 Å². The Morgan fingerprint density at radius 2 is 2.00 bits per heavy atom. The van der Waals surface area contributed by atoms with Crippen LogP contribution in [0.5, 0.6) is 0 Å². The molecule has 0 saturated heterocycles. The van der Waals surface area contributed by atoms with Crippen LogP contribution in [0.3, 0.4) is 0 Å². The molecule has 0 radical (unpaired) electrons. The van der Waals surface area contributed by atoms with E-state index in [4.69, 9.17) is 0 Å². The summed E-state index contributed by atoms with van der Waals surface area (Å²) in [5, 5.41) is 3.28. The van der Waals surface area contributed by atoms with E-state index in [1.165, 1.54) is 0 Å². The minimum Gasteiger partial charge on any atom is -0.384 e. The zero-order chi connectivity index (χ0) is 12.4. The van der Waals surface area contributed by atoms with E-state index in [1.807, 2.05) is 36.4 Å². The maximum atomic E-state index is 12.3. The van der Waals surface area contributed by atoms with Crippen molar-refractivity contribution in [3.8, 4) is 0 Å². The highest BCUT2D eigenvalue weighted by Crippen LogP contribution is 2.32. The monoisotopic (exact) mass is 238 g/mol. The van der Waals surface area contributed by atoms with Crippen LogP contribution in [0.15, 0.2) is 48.8 Å². The lowest BCUT2D eigenvalue weighted by molar-refractivity contribution is -0.119. The topological polar surface area (TPSA) is 42.0 Å². The highest BCUT2D eigenvalue weighted by atomic mass is 16.1. The van der Waals surface area contributed by atoms with Crippen molar-refractivity contribution in [3.63, 3.8) is 0 Å². The molecule has 1 aliphatic heterocycles. The Kier molecular flexibility index (Phi) is 2.81. The van der Waals surface area contributed by atoms with E-state index in [0.29, 0.717) is 13.0 Å². The SMILES string of the molecule is O=C(Cc1ccncc1)C1CNc2ccccc21. The van der Waals surface area contributed by atoms with Crippen LogP contribution in [0.1, 0.15) is 17.0 Å². The van der Waals surface area contributed by atoms with Gasteiger partial charge in [0.25, 0.3) is 0 Å². The zero-order valence-corrected chi connectivity index (χ0v) is 9.97. The van der Waals surface area contributed by atoms with E-state index >= 15 is 0 Å². The summed E-state index contributed by atoms with van der Waals surface area (Å²) in [6.45, 7) is 0.712. The van der Waals surface area contributed by atoms with Crippen molar-refractivity contribution in [1.29, 1.82) is 0 Å². The van der Waals surface area contributed by atoms with Gasteiger partial charge in [-0.2, -0.15) is 0 Å². The molecule has 1 unspecified atom stereocenters. The summed E-state index contributed by atoms with van der Waals surface area (Å²) in [6.07, 6.45) is 3.93. The van der Waals surface area contributed by atoms with E-state index in [0.717, 1.165) is 16.8 Å². The molecule has 0 spiro atoms. The largest absolute Gasteiger partial charge is 0.384 e. The van der Waals surface area contributed by atoms with Gasteiger partial charge in [0.2, 0.25) is 0 Å². The molecule has 1 atom stereocenters. The van der Waals surface area contributed by atoms with Gasteiger partial charge >= 0.3 is 0 Å². The molecule has 0 saturated carbocycles. The second kappa shape index (κ2) is 4.61. The maximum absolute atomic E-state index is 12.3. The third-order valence-electron chi connectivity index (χ3n) is 3.35. The molecule has 3 rings (SSSR count). The Morgan fingerprint density at radius 1 is 1.22 bits per heavy atom. The molecule has 3 heteroatoms. The third kappa shape index (κ3) is 1.99. The highest BCUT2D eigenvalue weighted by molar-refractivity contribution is 5.91. The van der Waals surface area contributed by atoms with Gasteiger partial charge in [-0.15, -0.1) is 0 Å². The van der Waals surface area contributed by atoms with E-state index < -0.39 is 0 Å². The molecule has 1 aliphatic rings. The Hall–Kier alpha value is -2.16. The van der Waals surface area contributed by atoms with Gasteiger partial charge in [-0.25, -0.2) is 0 Å². The zero-order valence-electron chi connectivity index (χ0n) is 9.97. The predicted molar refractivity (Wildman–Crippen MR) is 70.6 cm³/mol. The highest BCUT2D eigenvalue weighted by Gasteiger charge is 2.27. The number of pyridine rings is 1. The number of hydrogen-bond acceptors (Lipinski definition) is 3. The number of ketones is 1. The number of hydrogen-bond donors (Lipinski definition) is 1. The molecule has 1 aromatic heterocycles. The average molecular weight is 238 g/mol. The van der Waals surface area contributed by atoms with E-state index in [-0.39, 0.29) is 11.7 Å². The summed E-state index contributed by atoms with van der Waals surface area (Å²) in [7, 11) is 0. The number of nitrogens with zero attached hydrogens (tertiary/aromatic N) is 1. The van der Waals surface area contributed by atoms with Crippen LogP contribution in [0.25, 0.3) is 0 Å². The van der Waals surface area contributed by atoms with Crippen molar-refractivity contribution >= 4 is 11.5 Å². The minimum atomic E-state index is -0.0191. The molecule has 18 heavy (non-hydrogen) atoms. The van der Waals surface area contributed by atoms with Gasteiger partial charge in [-0.05, 0) is 29.3 Å². The second-order valence-corrected chi connectivity index (χ2v) is 4.52. The molecule has 0 bridgehead atoms. The van der Waals surface area contributed by atoms with Gasteiger partial charge in [0.05, 0.1) is 5.92 Å². The number of aromatic nitrogens is 1. The van der Waals surface area contributed by atoms with Gasteiger partial charge in [-0.1, -0.05) is 18.2 Å². The molecular weight excluding hydrogens is 224 g/mol. The van der Waals surface area contributed by atoms with Crippen LogP contribution in [-0.4, -0.2) is 17.3 Å². The van der Waals surface area contributed by atoms with Crippen LogP contribution in [0, 0.1) is 0 Å². The van der Waals surface area contributed by atoms with E-state index in [1.54, 1.807) is 12.4 Å². The fourth-order valence-electron chi connectivity index (χ4n) is 2.40. The molecule has 0 amide bonds. The van der Waals surface area contributed by atoms with E-state index in [2.05, 4.69) is 10.3 Å². The third-order valence-corrected chi connectivity index (χ3v) is 3.35. The average Bonchev–Trinajstić information content (AvgIpc) is 2.84.